The molecule has 0 aliphatic carbocycles. The molecular formula is C11H8ClF5O. The van der Waals surface area contributed by atoms with E-state index < -0.39 is 17.5 Å². The number of ether oxygens (including phenoxy) is 1. The molecule has 0 radical (unpaired) electrons. The van der Waals surface area contributed by atoms with Crippen LogP contribution in [0, 0.1) is 0 Å². The minimum atomic E-state index is -5.67. The molecule has 1 aliphatic heterocycles. The SMILES string of the molecule is FC(F)(F)C(F)(F)C(Cl)c1ccc2c(c1)CCO2. The fourth-order valence-electron chi connectivity index (χ4n) is 1.72. The monoisotopic (exact) mass is 286 g/mol. The summed E-state index contributed by atoms with van der Waals surface area (Å²) in [6, 6.07) is 3.72. The predicted octanol–water partition coefficient (Wildman–Crippen LogP) is 4.10. The summed E-state index contributed by atoms with van der Waals surface area (Å²) in [6.07, 6.45) is -5.20. The van der Waals surface area contributed by atoms with Crippen LogP contribution in [-0.4, -0.2) is 18.7 Å². The fraction of sp³-hybridized carbons (Fsp3) is 0.455. The van der Waals surface area contributed by atoms with E-state index in [4.69, 9.17) is 16.3 Å². The van der Waals surface area contributed by atoms with Crippen molar-refractivity contribution in [1.29, 1.82) is 0 Å². The molecule has 0 bridgehead atoms. The molecule has 0 aromatic heterocycles. The van der Waals surface area contributed by atoms with Gasteiger partial charge in [0, 0.05) is 6.42 Å². The van der Waals surface area contributed by atoms with Crippen LogP contribution in [0.3, 0.4) is 0 Å². The molecule has 0 spiro atoms. The molecule has 2 rings (SSSR count). The first-order valence-corrected chi connectivity index (χ1v) is 5.51. The van der Waals surface area contributed by atoms with Gasteiger partial charge in [0.1, 0.15) is 11.1 Å². The van der Waals surface area contributed by atoms with Gasteiger partial charge in [0.2, 0.25) is 0 Å². The van der Waals surface area contributed by atoms with Crippen molar-refractivity contribution in [3.63, 3.8) is 0 Å². The Labute approximate surface area is 104 Å². The molecule has 1 aliphatic rings. The lowest BCUT2D eigenvalue weighted by Gasteiger charge is -2.24. The van der Waals surface area contributed by atoms with Gasteiger partial charge in [-0.25, -0.2) is 0 Å². The van der Waals surface area contributed by atoms with E-state index in [0.29, 0.717) is 24.3 Å². The van der Waals surface area contributed by atoms with Crippen LogP contribution in [0.25, 0.3) is 0 Å². The van der Waals surface area contributed by atoms with E-state index >= 15 is 0 Å². The average Bonchev–Trinajstić information content (AvgIpc) is 2.73. The molecule has 1 aromatic carbocycles. The summed E-state index contributed by atoms with van der Waals surface area (Å²) in [6.45, 7) is 0.390. The number of halogens is 6. The summed E-state index contributed by atoms with van der Waals surface area (Å²) in [5, 5.41) is -2.44. The van der Waals surface area contributed by atoms with Crippen molar-refractivity contribution >= 4 is 11.6 Å². The van der Waals surface area contributed by atoms with Crippen LogP contribution in [0.1, 0.15) is 16.5 Å². The Morgan fingerprint density at radius 1 is 1.17 bits per heavy atom. The Kier molecular flexibility index (Phi) is 3.17. The fourth-order valence-corrected chi connectivity index (χ4v) is 1.98. The quantitative estimate of drug-likeness (QED) is 0.587. The molecule has 1 atom stereocenters. The van der Waals surface area contributed by atoms with E-state index in [2.05, 4.69) is 0 Å². The van der Waals surface area contributed by atoms with Gasteiger partial charge >= 0.3 is 12.1 Å². The summed E-state index contributed by atoms with van der Waals surface area (Å²) < 4.78 is 67.8. The second-order valence-electron chi connectivity index (χ2n) is 3.95. The van der Waals surface area contributed by atoms with E-state index in [1.807, 2.05) is 0 Å². The van der Waals surface area contributed by atoms with Crippen molar-refractivity contribution < 1.29 is 26.7 Å². The Balaban J connectivity index is 2.32. The van der Waals surface area contributed by atoms with Gasteiger partial charge in [0.25, 0.3) is 0 Å². The zero-order chi connectivity index (χ0) is 13.6. The van der Waals surface area contributed by atoms with Crippen LogP contribution in [0.4, 0.5) is 22.0 Å². The van der Waals surface area contributed by atoms with Gasteiger partial charge in [0.05, 0.1) is 6.61 Å². The maximum absolute atomic E-state index is 13.1. The number of alkyl halides is 6. The first kappa shape index (κ1) is 13.4. The molecular weight excluding hydrogens is 279 g/mol. The van der Waals surface area contributed by atoms with Crippen LogP contribution in [0.5, 0.6) is 5.75 Å². The molecule has 7 heteroatoms. The Bertz CT molecular complexity index is 457. The van der Waals surface area contributed by atoms with Gasteiger partial charge < -0.3 is 4.74 Å². The highest BCUT2D eigenvalue weighted by molar-refractivity contribution is 6.21. The summed E-state index contributed by atoms with van der Waals surface area (Å²) in [5.74, 6) is -4.47. The lowest BCUT2D eigenvalue weighted by molar-refractivity contribution is -0.283. The third kappa shape index (κ3) is 2.13. The van der Waals surface area contributed by atoms with E-state index in [1.54, 1.807) is 0 Å². The molecule has 0 amide bonds. The van der Waals surface area contributed by atoms with Crippen molar-refractivity contribution in [1.82, 2.24) is 0 Å². The largest absolute Gasteiger partial charge is 0.493 e. The van der Waals surface area contributed by atoms with E-state index in [9.17, 15) is 22.0 Å². The van der Waals surface area contributed by atoms with Gasteiger partial charge in [-0.1, -0.05) is 12.1 Å². The second-order valence-corrected chi connectivity index (χ2v) is 4.39. The molecule has 100 valence electrons. The first-order valence-electron chi connectivity index (χ1n) is 5.07. The van der Waals surface area contributed by atoms with Gasteiger partial charge in [-0.15, -0.1) is 11.6 Å². The highest BCUT2D eigenvalue weighted by Gasteiger charge is 2.62. The smallest absolute Gasteiger partial charge is 0.455 e. The molecule has 1 heterocycles. The third-order valence-electron chi connectivity index (χ3n) is 2.70. The van der Waals surface area contributed by atoms with E-state index in [1.165, 1.54) is 12.1 Å². The molecule has 18 heavy (non-hydrogen) atoms. The Hall–Kier alpha value is -1.04. The summed E-state index contributed by atoms with van der Waals surface area (Å²) in [7, 11) is 0. The van der Waals surface area contributed by atoms with E-state index in [-0.39, 0.29) is 5.56 Å². The van der Waals surface area contributed by atoms with Gasteiger partial charge in [-0.3, -0.25) is 0 Å². The normalized spacial score (nSPS) is 17.2. The topological polar surface area (TPSA) is 9.23 Å². The highest BCUT2D eigenvalue weighted by atomic mass is 35.5. The first-order chi connectivity index (χ1) is 8.23. The van der Waals surface area contributed by atoms with Gasteiger partial charge in [-0.2, -0.15) is 22.0 Å². The van der Waals surface area contributed by atoms with Crippen molar-refractivity contribution in [3.05, 3.63) is 29.3 Å². The maximum Gasteiger partial charge on any atom is 0.455 e. The molecule has 1 nitrogen and oxygen atoms in total. The zero-order valence-electron chi connectivity index (χ0n) is 8.90. The molecule has 1 aromatic rings. The summed E-state index contributed by atoms with van der Waals surface area (Å²) in [5.41, 5.74) is 0.333. The van der Waals surface area contributed by atoms with Gasteiger partial charge in [0.15, 0.2) is 0 Å². The van der Waals surface area contributed by atoms with Crippen LogP contribution >= 0.6 is 11.6 Å². The van der Waals surface area contributed by atoms with Crippen LogP contribution < -0.4 is 4.74 Å². The second kappa shape index (κ2) is 4.26. The number of hydrogen-bond donors (Lipinski definition) is 0. The minimum Gasteiger partial charge on any atom is -0.493 e. The molecule has 0 fully saturated rings. The minimum absolute atomic E-state index is 0.261. The zero-order valence-corrected chi connectivity index (χ0v) is 9.66. The summed E-state index contributed by atoms with van der Waals surface area (Å²) in [4.78, 5) is 0. The number of rotatable bonds is 2. The van der Waals surface area contributed by atoms with Crippen LogP contribution in [0.15, 0.2) is 18.2 Å². The predicted molar refractivity (Wildman–Crippen MR) is 55.2 cm³/mol. The van der Waals surface area contributed by atoms with Crippen molar-refractivity contribution in [2.45, 2.75) is 23.9 Å². The lowest BCUT2D eigenvalue weighted by Crippen LogP contribution is -2.40. The number of hydrogen-bond acceptors (Lipinski definition) is 1. The molecule has 0 saturated heterocycles. The molecule has 0 saturated carbocycles. The van der Waals surface area contributed by atoms with Crippen molar-refractivity contribution in [2.75, 3.05) is 6.61 Å². The maximum atomic E-state index is 13.1. The number of benzene rings is 1. The Morgan fingerprint density at radius 2 is 1.83 bits per heavy atom. The average molecular weight is 287 g/mol. The third-order valence-corrected chi connectivity index (χ3v) is 3.23. The Morgan fingerprint density at radius 3 is 2.44 bits per heavy atom. The lowest BCUT2D eigenvalue weighted by atomic mass is 10.0. The number of fused-ring (bicyclic) bond motifs is 1. The van der Waals surface area contributed by atoms with Crippen LogP contribution in [0.2, 0.25) is 0 Å². The highest BCUT2D eigenvalue weighted by Crippen LogP contribution is 2.48. The van der Waals surface area contributed by atoms with Crippen molar-refractivity contribution in [3.8, 4) is 5.75 Å². The van der Waals surface area contributed by atoms with Gasteiger partial charge in [-0.05, 0) is 17.2 Å². The molecule has 1 unspecified atom stereocenters. The van der Waals surface area contributed by atoms with E-state index in [0.717, 1.165) is 6.07 Å². The summed E-state index contributed by atoms with van der Waals surface area (Å²) >= 11 is 5.27. The standard InChI is InChI=1S/C11H8ClF5O/c12-9(10(13,14)11(15,16)17)7-1-2-8-6(5-7)3-4-18-8/h1-2,5,9H,3-4H2. The van der Waals surface area contributed by atoms with Crippen molar-refractivity contribution in [2.24, 2.45) is 0 Å². The van der Waals surface area contributed by atoms with Crippen LogP contribution in [-0.2, 0) is 6.42 Å². The molecule has 0 N–H and O–H groups in total.